The zero-order valence-corrected chi connectivity index (χ0v) is 12.3. The SMILES string of the molecule is CCOC1C(N)CC1Oc1c(Br)cc(F)cc1[N+](=O)[O-]. The van der Waals surface area contributed by atoms with Gasteiger partial charge in [0.15, 0.2) is 0 Å². The molecule has 3 atom stereocenters. The number of halogens is 2. The van der Waals surface area contributed by atoms with E-state index in [2.05, 4.69) is 15.9 Å². The van der Waals surface area contributed by atoms with E-state index >= 15 is 0 Å². The van der Waals surface area contributed by atoms with Gasteiger partial charge in [-0.05, 0) is 28.9 Å². The average molecular weight is 349 g/mol. The predicted octanol–water partition coefficient (Wildman–Crippen LogP) is 2.38. The summed E-state index contributed by atoms with van der Waals surface area (Å²) in [5.41, 5.74) is 5.38. The standard InChI is InChI=1S/C12H14BrFN2O4/c1-2-19-12-8(15)5-10(12)20-11-7(13)3-6(14)4-9(11)16(17)18/h3-4,8,10,12H,2,5,15H2,1H3. The first-order valence-electron chi connectivity index (χ1n) is 6.11. The molecule has 1 aliphatic carbocycles. The van der Waals surface area contributed by atoms with E-state index in [9.17, 15) is 14.5 Å². The summed E-state index contributed by atoms with van der Waals surface area (Å²) in [5.74, 6) is -0.708. The van der Waals surface area contributed by atoms with Crippen molar-refractivity contribution in [3.05, 3.63) is 32.5 Å². The Morgan fingerprint density at radius 2 is 2.30 bits per heavy atom. The lowest BCUT2D eigenvalue weighted by molar-refractivity contribution is -0.386. The number of benzene rings is 1. The van der Waals surface area contributed by atoms with Crippen molar-refractivity contribution in [3.8, 4) is 5.75 Å². The van der Waals surface area contributed by atoms with Gasteiger partial charge in [-0.1, -0.05) is 0 Å². The van der Waals surface area contributed by atoms with Crippen molar-refractivity contribution >= 4 is 21.6 Å². The van der Waals surface area contributed by atoms with Crippen LogP contribution >= 0.6 is 15.9 Å². The molecule has 0 spiro atoms. The molecule has 1 fully saturated rings. The van der Waals surface area contributed by atoms with Crippen molar-refractivity contribution < 1.29 is 18.8 Å². The Bertz CT molecular complexity index is 528. The van der Waals surface area contributed by atoms with E-state index < -0.39 is 16.4 Å². The molecule has 2 N–H and O–H groups in total. The van der Waals surface area contributed by atoms with Gasteiger partial charge in [-0.2, -0.15) is 0 Å². The fraction of sp³-hybridized carbons (Fsp3) is 0.500. The number of hydrogen-bond donors (Lipinski definition) is 1. The third kappa shape index (κ3) is 2.92. The Labute approximate surface area is 123 Å². The molecule has 6 nitrogen and oxygen atoms in total. The predicted molar refractivity (Wildman–Crippen MR) is 73.2 cm³/mol. The number of nitrogens with zero attached hydrogens (tertiary/aromatic N) is 1. The maximum Gasteiger partial charge on any atom is 0.315 e. The van der Waals surface area contributed by atoms with Crippen LogP contribution in [-0.2, 0) is 4.74 Å². The van der Waals surface area contributed by atoms with E-state index in [1.807, 2.05) is 6.92 Å². The minimum Gasteiger partial charge on any atom is -0.480 e. The van der Waals surface area contributed by atoms with Gasteiger partial charge < -0.3 is 15.2 Å². The highest BCUT2D eigenvalue weighted by Crippen LogP contribution is 2.39. The fourth-order valence-corrected chi connectivity index (χ4v) is 2.62. The first kappa shape index (κ1) is 15.1. The molecule has 110 valence electrons. The Kier molecular flexibility index (Phi) is 4.56. The molecule has 0 heterocycles. The van der Waals surface area contributed by atoms with Gasteiger partial charge in [-0.3, -0.25) is 10.1 Å². The van der Waals surface area contributed by atoms with Crippen LogP contribution in [0.2, 0.25) is 0 Å². The van der Waals surface area contributed by atoms with E-state index in [1.54, 1.807) is 0 Å². The van der Waals surface area contributed by atoms with Crippen LogP contribution in [0.1, 0.15) is 13.3 Å². The Balaban J connectivity index is 2.23. The van der Waals surface area contributed by atoms with E-state index in [1.165, 1.54) is 0 Å². The van der Waals surface area contributed by atoms with Crippen LogP contribution in [0, 0.1) is 15.9 Å². The van der Waals surface area contributed by atoms with E-state index in [0.717, 1.165) is 12.1 Å². The van der Waals surface area contributed by atoms with Crippen LogP contribution in [0.25, 0.3) is 0 Å². The van der Waals surface area contributed by atoms with Gasteiger partial charge in [0.05, 0.1) is 15.5 Å². The number of nitro groups is 1. The molecular formula is C12H14BrFN2O4. The summed E-state index contributed by atoms with van der Waals surface area (Å²) < 4.78 is 24.5. The molecule has 0 saturated heterocycles. The summed E-state index contributed by atoms with van der Waals surface area (Å²) in [6.45, 7) is 2.31. The molecule has 2 rings (SSSR count). The highest BCUT2D eigenvalue weighted by Gasteiger charge is 2.42. The Hall–Kier alpha value is -1.25. The molecule has 0 aromatic heterocycles. The van der Waals surface area contributed by atoms with Crippen LogP contribution in [0.4, 0.5) is 10.1 Å². The quantitative estimate of drug-likeness (QED) is 0.651. The van der Waals surface area contributed by atoms with E-state index in [4.69, 9.17) is 15.2 Å². The van der Waals surface area contributed by atoms with Crippen LogP contribution in [0.5, 0.6) is 5.75 Å². The van der Waals surface area contributed by atoms with Crippen molar-refractivity contribution in [1.82, 2.24) is 0 Å². The maximum atomic E-state index is 13.2. The largest absolute Gasteiger partial charge is 0.480 e. The van der Waals surface area contributed by atoms with E-state index in [-0.39, 0.29) is 28.5 Å². The van der Waals surface area contributed by atoms with Gasteiger partial charge in [0.1, 0.15) is 18.0 Å². The lowest BCUT2D eigenvalue weighted by atomic mass is 9.86. The van der Waals surface area contributed by atoms with Crippen molar-refractivity contribution in [3.63, 3.8) is 0 Å². The van der Waals surface area contributed by atoms with Gasteiger partial charge in [0, 0.05) is 19.1 Å². The lowest BCUT2D eigenvalue weighted by Crippen LogP contribution is -2.59. The summed E-state index contributed by atoms with van der Waals surface area (Å²) in [6.07, 6.45) is -0.145. The first-order valence-corrected chi connectivity index (χ1v) is 6.90. The maximum absolute atomic E-state index is 13.2. The van der Waals surface area contributed by atoms with Crippen LogP contribution in [0.15, 0.2) is 16.6 Å². The molecular weight excluding hydrogens is 335 g/mol. The highest BCUT2D eigenvalue weighted by atomic mass is 79.9. The summed E-state index contributed by atoms with van der Waals surface area (Å²) in [7, 11) is 0. The summed E-state index contributed by atoms with van der Waals surface area (Å²) >= 11 is 3.08. The van der Waals surface area contributed by atoms with Gasteiger partial charge >= 0.3 is 5.69 Å². The number of hydrogen-bond acceptors (Lipinski definition) is 5. The molecule has 0 aliphatic heterocycles. The van der Waals surface area contributed by atoms with Gasteiger partial charge in [-0.25, -0.2) is 4.39 Å². The average Bonchev–Trinajstić information content (AvgIpc) is 2.37. The van der Waals surface area contributed by atoms with Crippen LogP contribution in [-0.4, -0.2) is 29.8 Å². The molecule has 0 amide bonds. The molecule has 0 radical (unpaired) electrons. The summed E-state index contributed by atoms with van der Waals surface area (Å²) in [4.78, 5) is 10.3. The highest BCUT2D eigenvalue weighted by molar-refractivity contribution is 9.10. The zero-order valence-electron chi connectivity index (χ0n) is 10.7. The van der Waals surface area contributed by atoms with Crippen LogP contribution < -0.4 is 10.5 Å². The molecule has 8 heteroatoms. The fourth-order valence-electron chi connectivity index (χ4n) is 2.11. The van der Waals surface area contributed by atoms with E-state index in [0.29, 0.717) is 13.0 Å². The summed E-state index contributed by atoms with van der Waals surface area (Å²) in [5, 5.41) is 11.0. The molecule has 0 bridgehead atoms. The zero-order chi connectivity index (χ0) is 14.9. The molecule has 20 heavy (non-hydrogen) atoms. The first-order chi connectivity index (χ1) is 9.43. The summed E-state index contributed by atoms with van der Waals surface area (Å²) in [6, 6.07) is 1.79. The van der Waals surface area contributed by atoms with Crippen molar-refractivity contribution in [2.24, 2.45) is 5.73 Å². The third-order valence-corrected chi connectivity index (χ3v) is 3.70. The number of nitrogens with two attached hydrogens (primary N) is 1. The van der Waals surface area contributed by atoms with Crippen molar-refractivity contribution in [2.75, 3.05) is 6.61 Å². The van der Waals surface area contributed by atoms with Crippen molar-refractivity contribution in [1.29, 1.82) is 0 Å². The van der Waals surface area contributed by atoms with Gasteiger partial charge in [-0.15, -0.1) is 0 Å². The van der Waals surface area contributed by atoms with Gasteiger partial charge in [0.25, 0.3) is 0 Å². The molecule has 1 saturated carbocycles. The normalized spacial score (nSPS) is 25.1. The van der Waals surface area contributed by atoms with Crippen LogP contribution in [0.3, 0.4) is 0 Å². The molecule has 1 aromatic rings. The number of ether oxygens (including phenoxy) is 2. The number of nitro benzene ring substituents is 1. The minimum absolute atomic E-state index is 0.00185. The molecule has 1 aliphatic rings. The Morgan fingerprint density at radius 1 is 1.60 bits per heavy atom. The van der Waals surface area contributed by atoms with Crippen molar-refractivity contribution in [2.45, 2.75) is 31.6 Å². The minimum atomic E-state index is -0.706. The monoisotopic (exact) mass is 348 g/mol. The molecule has 3 unspecified atom stereocenters. The second kappa shape index (κ2) is 6.02. The smallest absolute Gasteiger partial charge is 0.315 e. The lowest BCUT2D eigenvalue weighted by Gasteiger charge is -2.41. The Morgan fingerprint density at radius 3 is 2.85 bits per heavy atom. The second-order valence-corrected chi connectivity index (χ2v) is 5.32. The second-order valence-electron chi connectivity index (χ2n) is 4.47. The third-order valence-electron chi connectivity index (χ3n) is 3.11. The number of rotatable bonds is 5. The topological polar surface area (TPSA) is 87.6 Å². The van der Waals surface area contributed by atoms with Gasteiger partial charge in [0.2, 0.25) is 5.75 Å². The molecule has 1 aromatic carbocycles.